The molecule has 1 aliphatic rings. The molecular formula is C21H23N3O2. The summed E-state index contributed by atoms with van der Waals surface area (Å²) in [7, 11) is 0. The molecule has 5 heteroatoms. The zero-order valence-electron chi connectivity index (χ0n) is 15.2. The number of carbonyl (C=O) groups is 1. The monoisotopic (exact) mass is 349 g/mol. The van der Waals surface area contributed by atoms with Crippen LogP contribution < -0.4 is 5.32 Å². The Kier molecular flexibility index (Phi) is 4.47. The summed E-state index contributed by atoms with van der Waals surface area (Å²) in [6.45, 7) is 6.39. The smallest absolute Gasteiger partial charge is 0.227 e. The molecule has 1 unspecified atom stereocenters. The van der Waals surface area contributed by atoms with Gasteiger partial charge in [-0.3, -0.25) is 9.78 Å². The van der Waals surface area contributed by atoms with Gasteiger partial charge in [0.1, 0.15) is 5.58 Å². The van der Waals surface area contributed by atoms with Crippen LogP contribution in [0.3, 0.4) is 0 Å². The minimum absolute atomic E-state index is 0.0205. The van der Waals surface area contributed by atoms with E-state index in [2.05, 4.69) is 36.3 Å². The first-order chi connectivity index (χ1) is 12.6. The average molecular weight is 349 g/mol. The van der Waals surface area contributed by atoms with Gasteiger partial charge in [0.2, 0.25) is 5.91 Å². The van der Waals surface area contributed by atoms with Crippen molar-refractivity contribution >= 4 is 16.9 Å². The van der Waals surface area contributed by atoms with Gasteiger partial charge in [0, 0.05) is 43.0 Å². The fraction of sp³-hybridized carbons (Fsp3) is 0.333. The molecule has 26 heavy (non-hydrogen) atoms. The summed E-state index contributed by atoms with van der Waals surface area (Å²) in [5.41, 5.74) is 5.24. The van der Waals surface area contributed by atoms with Crippen LogP contribution in [0.2, 0.25) is 0 Å². The van der Waals surface area contributed by atoms with Gasteiger partial charge in [-0.25, -0.2) is 0 Å². The minimum Gasteiger partial charge on any atom is -0.464 e. The maximum atomic E-state index is 13.1. The van der Waals surface area contributed by atoms with Gasteiger partial charge < -0.3 is 14.6 Å². The third kappa shape index (κ3) is 2.99. The van der Waals surface area contributed by atoms with E-state index in [0.29, 0.717) is 13.0 Å². The number of benzene rings is 1. The summed E-state index contributed by atoms with van der Waals surface area (Å²) in [6, 6.07) is 8.11. The van der Waals surface area contributed by atoms with Gasteiger partial charge in [0.05, 0.1) is 18.7 Å². The normalized spacial score (nSPS) is 17.6. The van der Waals surface area contributed by atoms with Gasteiger partial charge in [-0.15, -0.1) is 0 Å². The largest absolute Gasteiger partial charge is 0.464 e. The predicted molar refractivity (Wildman–Crippen MR) is 101 cm³/mol. The molecule has 3 heterocycles. The first kappa shape index (κ1) is 16.8. The topological polar surface area (TPSA) is 58.4 Å². The van der Waals surface area contributed by atoms with Crippen molar-refractivity contribution < 1.29 is 9.21 Å². The van der Waals surface area contributed by atoms with E-state index in [1.807, 2.05) is 23.2 Å². The third-order valence-corrected chi connectivity index (χ3v) is 5.32. The van der Waals surface area contributed by atoms with Gasteiger partial charge in [0.15, 0.2) is 0 Å². The highest BCUT2D eigenvalue weighted by atomic mass is 16.3. The van der Waals surface area contributed by atoms with Crippen molar-refractivity contribution in [3.05, 3.63) is 65.2 Å². The Hall–Kier alpha value is -2.66. The van der Waals surface area contributed by atoms with Gasteiger partial charge in [-0.2, -0.15) is 0 Å². The molecule has 5 nitrogen and oxygen atoms in total. The second kappa shape index (κ2) is 6.92. The highest BCUT2D eigenvalue weighted by Crippen LogP contribution is 2.28. The molecule has 3 aromatic rings. The number of amides is 1. The number of furan rings is 1. The Morgan fingerprint density at radius 2 is 2.23 bits per heavy atom. The molecule has 0 radical (unpaired) electrons. The van der Waals surface area contributed by atoms with Crippen LogP contribution >= 0.6 is 0 Å². The lowest BCUT2D eigenvalue weighted by molar-refractivity contribution is -0.133. The second-order valence-electron chi connectivity index (χ2n) is 6.92. The summed E-state index contributed by atoms with van der Waals surface area (Å²) in [6.07, 6.45) is 5.69. The van der Waals surface area contributed by atoms with E-state index >= 15 is 0 Å². The van der Waals surface area contributed by atoms with Gasteiger partial charge in [0.25, 0.3) is 0 Å². The van der Waals surface area contributed by atoms with Gasteiger partial charge >= 0.3 is 0 Å². The third-order valence-electron chi connectivity index (χ3n) is 5.32. The fourth-order valence-electron chi connectivity index (χ4n) is 3.66. The van der Waals surface area contributed by atoms with Gasteiger partial charge in [-0.05, 0) is 36.6 Å². The molecule has 1 fully saturated rings. The summed E-state index contributed by atoms with van der Waals surface area (Å²) >= 11 is 0. The molecule has 0 saturated carbocycles. The van der Waals surface area contributed by atoms with Crippen LogP contribution in [-0.2, 0) is 11.2 Å². The number of aryl methyl sites for hydroxylation is 2. The molecule has 2 aromatic heterocycles. The van der Waals surface area contributed by atoms with E-state index in [0.717, 1.165) is 40.7 Å². The second-order valence-corrected chi connectivity index (χ2v) is 6.92. The van der Waals surface area contributed by atoms with Crippen LogP contribution in [0.4, 0.5) is 0 Å². The van der Waals surface area contributed by atoms with Crippen molar-refractivity contribution in [3.63, 3.8) is 0 Å². The number of piperazine rings is 1. The summed E-state index contributed by atoms with van der Waals surface area (Å²) in [4.78, 5) is 19.3. The number of pyridine rings is 1. The lowest BCUT2D eigenvalue weighted by Crippen LogP contribution is -2.49. The highest BCUT2D eigenvalue weighted by molar-refractivity contribution is 5.89. The number of nitrogens with zero attached hydrogens (tertiary/aromatic N) is 2. The Labute approximate surface area is 153 Å². The Balaban J connectivity index is 1.60. The van der Waals surface area contributed by atoms with E-state index in [-0.39, 0.29) is 11.9 Å². The average Bonchev–Trinajstić information content (AvgIpc) is 3.09. The van der Waals surface area contributed by atoms with Crippen LogP contribution in [0, 0.1) is 13.8 Å². The molecular weight excluding hydrogens is 326 g/mol. The zero-order chi connectivity index (χ0) is 18.1. The minimum atomic E-state index is 0.0205. The molecule has 1 aromatic carbocycles. The number of rotatable bonds is 3. The van der Waals surface area contributed by atoms with Crippen LogP contribution in [0.1, 0.15) is 28.3 Å². The molecule has 0 aliphatic carbocycles. The zero-order valence-corrected chi connectivity index (χ0v) is 15.2. The van der Waals surface area contributed by atoms with Crippen molar-refractivity contribution in [2.24, 2.45) is 0 Å². The maximum Gasteiger partial charge on any atom is 0.227 e. The molecule has 4 rings (SSSR count). The van der Waals surface area contributed by atoms with Crippen molar-refractivity contribution in [2.75, 3.05) is 19.6 Å². The Bertz CT molecular complexity index is 933. The number of hydrogen-bond donors (Lipinski definition) is 1. The fourth-order valence-corrected chi connectivity index (χ4v) is 3.66. The van der Waals surface area contributed by atoms with Crippen molar-refractivity contribution in [1.29, 1.82) is 0 Å². The van der Waals surface area contributed by atoms with Crippen molar-refractivity contribution in [2.45, 2.75) is 26.3 Å². The Morgan fingerprint density at radius 3 is 3.04 bits per heavy atom. The lowest BCUT2D eigenvalue weighted by atomic mass is 10.0. The SMILES string of the molecule is Cc1ccc2c(CC(=O)N3CCNCC3c3cccnc3)coc2c1C. The highest BCUT2D eigenvalue weighted by Gasteiger charge is 2.28. The van der Waals surface area contributed by atoms with Gasteiger partial charge in [-0.1, -0.05) is 18.2 Å². The molecule has 0 spiro atoms. The molecule has 1 amide bonds. The first-order valence-corrected chi connectivity index (χ1v) is 9.01. The standard InChI is InChI=1S/C21H23N3O2/c1-14-5-6-18-17(13-26-21(18)15(14)2)10-20(25)24-9-8-23-12-19(24)16-4-3-7-22-11-16/h3-7,11,13,19,23H,8-10,12H2,1-2H3. The van der Waals surface area contributed by atoms with Crippen molar-refractivity contribution in [1.82, 2.24) is 15.2 Å². The Morgan fingerprint density at radius 1 is 1.35 bits per heavy atom. The molecule has 1 atom stereocenters. The van der Waals surface area contributed by atoms with Crippen LogP contribution in [-0.4, -0.2) is 35.4 Å². The number of nitrogens with one attached hydrogen (secondary N) is 1. The number of fused-ring (bicyclic) bond motifs is 1. The summed E-state index contributed by atoms with van der Waals surface area (Å²) < 4.78 is 5.77. The maximum absolute atomic E-state index is 13.1. The predicted octanol–water partition coefficient (Wildman–Crippen LogP) is 3.16. The van der Waals surface area contributed by atoms with E-state index in [4.69, 9.17) is 4.42 Å². The molecule has 1 N–H and O–H groups in total. The molecule has 134 valence electrons. The lowest BCUT2D eigenvalue weighted by Gasteiger charge is -2.36. The number of hydrogen-bond acceptors (Lipinski definition) is 4. The van der Waals surface area contributed by atoms with Crippen LogP contribution in [0.5, 0.6) is 0 Å². The van der Waals surface area contributed by atoms with E-state index in [1.165, 1.54) is 5.56 Å². The molecule has 1 aliphatic heterocycles. The first-order valence-electron chi connectivity index (χ1n) is 9.01. The van der Waals surface area contributed by atoms with Crippen LogP contribution in [0.25, 0.3) is 11.0 Å². The number of carbonyl (C=O) groups excluding carboxylic acids is 1. The molecule has 0 bridgehead atoms. The van der Waals surface area contributed by atoms with E-state index in [9.17, 15) is 4.79 Å². The summed E-state index contributed by atoms with van der Waals surface area (Å²) in [5, 5.41) is 4.42. The number of aromatic nitrogens is 1. The molecule has 1 saturated heterocycles. The van der Waals surface area contributed by atoms with Crippen LogP contribution in [0.15, 0.2) is 47.3 Å². The van der Waals surface area contributed by atoms with E-state index in [1.54, 1.807) is 12.5 Å². The van der Waals surface area contributed by atoms with E-state index < -0.39 is 0 Å². The quantitative estimate of drug-likeness (QED) is 0.789. The van der Waals surface area contributed by atoms with Crippen molar-refractivity contribution in [3.8, 4) is 0 Å². The summed E-state index contributed by atoms with van der Waals surface area (Å²) in [5.74, 6) is 0.126.